The zero-order chi connectivity index (χ0) is 22.7. The lowest BCUT2D eigenvalue weighted by molar-refractivity contribution is -0.107. The highest BCUT2D eigenvalue weighted by atomic mass is 32.2. The van der Waals surface area contributed by atoms with Gasteiger partial charge >= 0.3 is 0 Å². The van der Waals surface area contributed by atoms with E-state index in [1.165, 1.54) is 24.6 Å². The van der Waals surface area contributed by atoms with Crippen LogP contribution in [0.25, 0.3) is 0 Å². The van der Waals surface area contributed by atoms with E-state index in [4.69, 9.17) is 9.88 Å². The quantitative estimate of drug-likeness (QED) is 0.661. The lowest BCUT2D eigenvalue weighted by Gasteiger charge is -2.28. The molecule has 168 valence electrons. The van der Waals surface area contributed by atoms with Gasteiger partial charge in [0.05, 0.1) is 18.9 Å². The molecule has 1 aliphatic heterocycles. The summed E-state index contributed by atoms with van der Waals surface area (Å²) in [5.41, 5.74) is 2.75. The molecule has 0 radical (unpaired) electrons. The van der Waals surface area contributed by atoms with Crippen LogP contribution in [0.5, 0.6) is 0 Å². The highest BCUT2D eigenvalue weighted by molar-refractivity contribution is 7.91. The normalized spacial score (nSPS) is 13.3. The summed E-state index contributed by atoms with van der Waals surface area (Å²) < 4.78 is 27.3. The zero-order valence-electron chi connectivity index (χ0n) is 18.1. The fourth-order valence-electron chi connectivity index (χ4n) is 2.49. The van der Waals surface area contributed by atoms with E-state index in [1.807, 2.05) is 20.9 Å². The lowest BCUT2D eigenvalue weighted by Crippen LogP contribution is -2.36. The van der Waals surface area contributed by atoms with Crippen molar-refractivity contribution in [2.75, 3.05) is 55.5 Å². The molecule has 1 amide bonds. The van der Waals surface area contributed by atoms with Crippen molar-refractivity contribution in [1.29, 1.82) is 0 Å². The van der Waals surface area contributed by atoms with Crippen LogP contribution in [0.2, 0.25) is 0 Å². The number of carbonyl (C=O) groups excluding carboxylic acids is 1. The topological polar surface area (TPSA) is 118 Å². The van der Waals surface area contributed by atoms with Crippen molar-refractivity contribution in [3.63, 3.8) is 0 Å². The second kappa shape index (κ2) is 12.5. The third-order valence-corrected chi connectivity index (χ3v) is 6.80. The number of nitrogens with one attached hydrogen (secondary N) is 1. The Labute approximate surface area is 182 Å². The maximum Gasteiger partial charge on any atom is 0.249 e. The second-order valence-electron chi connectivity index (χ2n) is 6.03. The summed E-state index contributed by atoms with van der Waals surface area (Å²) in [4.78, 5) is 17.8. The predicted octanol–water partition coefficient (Wildman–Crippen LogP) is 2.28. The number of ether oxygens (including phenoxy) is 1. The number of benzene rings is 1. The molecule has 2 heterocycles. The number of amides is 1. The molecule has 3 rings (SSSR count). The zero-order valence-corrected chi connectivity index (χ0v) is 19.7. The van der Waals surface area contributed by atoms with Crippen molar-refractivity contribution in [2.24, 2.45) is 5.14 Å². The van der Waals surface area contributed by atoms with Gasteiger partial charge in [-0.1, -0.05) is 25.2 Å². The highest BCUT2D eigenvalue weighted by Crippen LogP contribution is 2.27. The van der Waals surface area contributed by atoms with E-state index in [2.05, 4.69) is 39.5 Å². The third kappa shape index (κ3) is 7.56. The minimum absolute atomic E-state index is 0.0128. The Morgan fingerprint density at radius 1 is 1.23 bits per heavy atom. The molecule has 30 heavy (non-hydrogen) atoms. The number of nitrogens with zero attached hydrogens (tertiary/aromatic N) is 3. The van der Waals surface area contributed by atoms with Gasteiger partial charge in [-0.25, -0.2) is 18.5 Å². The van der Waals surface area contributed by atoms with Crippen LogP contribution in [0.15, 0.2) is 28.5 Å². The molecule has 0 bridgehead atoms. The Bertz CT molecular complexity index is 879. The molecule has 0 atom stereocenters. The highest BCUT2D eigenvalue weighted by Gasteiger charge is 2.19. The third-order valence-electron chi connectivity index (χ3n) is 3.99. The van der Waals surface area contributed by atoms with E-state index in [9.17, 15) is 13.2 Å². The first-order chi connectivity index (χ1) is 14.3. The van der Waals surface area contributed by atoms with Crippen LogP contribution < -0.4 is 20.3 Å². The monoisotopic (exact) mass is 457 g/mol. The molecule has 1 fully saturated rings. The number of hydrogen-bond donors (Lipinski definition) is 2. The predicted molar refractivity (Wildman–Crippen MR) is 123 cm³/mol. The van der Waals surface area contributed by atoms with Crippen LogP contribution in [0.3, 0.4) is 0 Å². The van der Waals surface area contributed by atoms with Gasteiger partial charge in [-0.15, -0.1) is 0 Å². The van der Waals surface area contributed by atoms with Crippen LogP contribution in [0, 0.1) is 6.92 Å². The first-order valence-corrected chi connectivity index (χ1v) is 11.9. The van der Waals surface area contributed by atoms with Gasteiger partial charge in [0, 0.05) is 38.6 Å². The van der Waals surface area contributed by atoms with E-state index in [0.29, 0.717) is 17.2 Å². The number of aromatic nitrogens is 1. The van der Waals surface area contributed by atoms with Gasteiger partial charge < -0.3 is 15.0 Å². The largest absolute Gasteiger partial charge is 0.388 e. The van der Waals surface area contributed by atoms with Crippen LogP contribution in [-0.2, 0) is 19.6 Å². The summed E-state index contributed by atoms with van der Waals surface area (Å²) in [6.07, 6.45) is 0.547. The van der Waals surface area contributed by atoms with E-state index in [0.717, 1.165) is 43.3 Å². The standard InChI is InChI=1S/C11H16N2O.C6H9N3O3S2.C2H6/c1-12-10-2-4-11(5-3-10)13-6-8-14-9-7-13;1-4-5(14(7,11)12)13-6(8-4)9(2)3-10;1-2/h2-5,12H,6-9H2,1H3;3H,1-2H3,(H2,7,11,12);1-2H3. The summed E-state index contributed by atoms with van der Waals surface area (Å²) in [7, 11) is -0.322. The Morgan fingerprint density at radius 2 is 1.80 bits per heavy atom. The van der Waals surface area contributed by atoms with E-state index in [1.54, 1.807) is 0 Å². The molecule has 0 spiro atoms. The Hall–Kier alpha value is -2.21. The van der Waals surface area contributed by atoms with Crippen molar-refractivity contribution < 1.29 is 17.9 Å². The van der Waals surface area contributed by atoms with Gasteiger partial charge in [0.1, 0.15) is 0 Å². The number of primary sulfonamides is 1. The van der Waals surface area contributed by atoms with Gasteiger partial charge in [0.2, 0.25) is 16.4 Å². The second-order valence-corrected chi connectivity index (χ2v) is 8.76. The van der Waals surface area contributed by atoms with E-state index < -0.39 is 10.0 Å². The Kier molecular flexibility index (Phi) is 10.7. The number of rotatable bonds is 5. The maximum atomic E-state index is 11.0. The van der Waals surface area contributed by atoms with Crippen LogP contribution in [0.4, 0.5) is 16.5 Å². The molecule has 11 heteroatoms. The summed E-state index contributed by atoms with van der Waals surface area (Å²) in [5, 5.41) is 8.37. The summed E-state index contributed by atoms with van der Waals surface area (Å²) in [6.45, 7) is 9.21. The molecule has 1 aliphatic rings. The van der Waals surface area contributed by atoms with E-state index >= 15 is 0 Å². The molecule has 0 saturated carbocycles. The molecule has 1 aromatic carbocycles. The van der Waals surface area contributed by atoms with Crippen LogP contribution in [-0.4, -0.2) is 60.2 Å². The molecule has 2 aromatic rings. The molecular formula is C19H31N5O4S2. The summed E-state index contributed by atoms with van der Waals surface area (Å²) >= 11 is 0.870. The molecule has 9 nitrogen and oxygen atoms in total. The molecular weight excluding hydrogens is 426 g/mol. The van der Waals surface area contributed by atoms with Gasteiger partial charge in [0.15, 0.2) is 9.34 Å². The van der Waals surface area contributed by atoms with Crippen molar-refractivity contribution in [3.05, 3.63) is 30.0 Å². The summed E-state index contributed by atoms with van der Waals surface area (Å²) in [5.74, 6) is 0. The number of carbonyl (C=O) groups is 1. The number of aryl methyl sites for hydroxylation is 1. The number of nitrogens with two attached hydrogens (primary N) is 1. The van der Waals surface area contributed by atoms with Crippen molar-refractivity contribution in [3.8, 4) is 0 Å². The van der Waals surface area contributed by atoms with Crippen molar-refractivity contribution >= 4 is 44.3 Å². The molecule has 1 aromatic heterocycles. The SMILES string of the molecule is CC.CNc1ccc(N2CCOCC2)cc1.Cc1nc(N(C)C=O)sc1S(N)(=O)=O. The van der Waals surface area contributed by atoms with Gasteiger partial charge in [-0.05, 0) is 31.2 Å². The fourth-order valence-corrected chi connectivity index (χ4v) is 4.36. The van der Waals surface area contributed by atoms with E-state index in [-0.39, 0.29) is 4.21 Å². The number of anilines is 3. The van der Waals surface area contributed by atoms with Gasteiger partial charge in [0.25, 0.3) is 0 Å². The molecule has 3 N–H and O–H groups in total. The minimum atomic E-state index is -3.74. The molecule has 0 aliphatic carbocycles. The van der Waals surface area contributed by atoms with Crippen molar-refractivity contribution in [2.45, 2.75) is 25.0 Å². The van der Waals surface area contributed by atoms with Crippen molar-refractivity contribution in [1.82, 2.24) is 4.98 Å². The minimum Gasteiger partial charge on any atom is -0.388 e. The maximum absolute atomic E-state index is 11.0. The lowest BCUT2D eigenvalue weighted by atomic mass is 10.2. The van der Waals surface area contributed by atoms with Crippen LogP contribution in [0.1, 0.15) is 19.5 Å². The van der Waals surface area contributed by atoms with Gasteiger partial charge in [-0.2, -0.15) is 0 Å². The number of sulfonamides is 1. The fraction of sp³-hybridized carbons (Fsp3) is 0.474. The number of hydrogen-bond acceptors (Lipinski definition) is 8. The number of thiazole rings is 1. The average molecular weight is 458 g/mol. The van der Waals surface area contributed by atoms with Crippen LogP contribution >= 0.6 is 11.3 Å². The molecule has 0 unspecified atom stereocenters. The summed E-state index contributed by atoms with van der Waals surface area (Å²) in [6, 6.07) is 8.50. The van der Waals surface area contributed by atoms with Gasteiger partial charge in [-0.3, -0.25) is 9.69 Å². The smallest absolute Gasteiger partial charge is 0.249 e. The number of morpholine rings is 1. The first kappa shape index (κ1) is 25.8. The average Bonchev–Trinajstić information content (AvgIpc) is 3.18. The molecule has 1 saturated heterocycles. The Balaban J connectivity index is 0.000000277. The Morgan fingerprint density at radius 3 is 2.23 bits per heavy atom. The first-order valence-electron chi connectivity index (χ1n) is 9.55.